The average molecular weight is 471 g/mol. The van der Waals surface area contributed by atoms with E-state index >= 15 is 0 Å². The van der Waals surface area contributed by atoms with Crippen LogP contribution in [0.1, 0.15) is 40.5 Å². The van der Waals surface area contributed by atoms with Crippen LogP contribution in [-0.2, 0) is 6.54 Å². The Morgan fingerprint density at radius 1 is 1.17 bits per heavy atom. The zero-order chi connectivity index (χ0) is 24.4. The summed E-state index contributed by atoms with van der Waals surface area (Å²) < 4.78 is 16.0. The second-order valence-electron chi connectivity index (χ2n) is 8.92. The zero-order valence-corrected chi connectivity index (χ0v) is 19.8. The van der Waals surface area contributed by atoms with Gasteiger partial charge in [-0.3, -0.25) is 4.79 Å². The highest BCUT2D eigenvalue weighted by atomic mass is 19.1. The van der Waals surface area contributed by atoms with Crippen molar-refractivity contribution in [2.75, 3.05) is 25.5 Å². The molecule has 0 N–H and O–H groups in total. The van der Waals surface area contributed by atoms with Crippen LogP contribution in [0, 0.1) is 5.82 Å². The zero-order valence-electron chi connectivity index (χ0n) is 19.8. The van der Waals surface area contributed by atoms with Gasteiger partial charge in [0, 0.05) is 56.9 Å². The predicted octanol–water partition coefficient (Wildman–Crippen LogP) is 4.57. The van der Waals surface area contributed by atoms with Gasteiger partial charge in [0.2, 0.25) is 5.95 Å². The van der Waals surface area contributed by atoms with Crippen LogP contribution in [0.5, 0.6) is 0 Å². The molecule has 1 aliphatic rings. The summed E-state index contributed by atoms with van der Waals surface area (Å²) in [6.07, 6.45) is 8.74. The molecular formula is C27H27FN6O. The molecule has 0 aliphatic carbocycles. The summed E-state index contributed by atoms with van der Waals surface area (Å²) in [5, 5.41) is 0. The summed E-state index contributed by atoms with van der Waals surface area (Å²) in [6.45, 7) is 1.19. The van der Waals surface area contributed by atoms with Crippen molar-refractivity contribution >= 4 is 11.9 Å². The minimum Gasteiger partial charge on any atom is -0.347 e. The first kappa shape index (κ1) is 22.7. The fourth-order valence-electron chi connectivity index (χ4n) is 4.63. The summed E-state index contributed by atoms with van der Waals surface area (Å²) in [5.41, 5.74) is 3.79. The summed E-state index contributed by atoms with van der Waals surface area (Å²) in [7, 11) is 3.76. The van der Waals surface area contributed by atoms with Gasteiger partial charge in [-0.15, -0.1) is 0 Å². The molecule has 0 spiro atoms. The number of carbonyl (C=O) groups is 1. The molecule has 1 atom stereocenters. The van der Waals surface area contributed by atoms with Gasteiger partial charge >= 0.3 is 0 Å². The van der Waals surface area contributed by atoms with Crippen molar-refractivity contribution in [3.8, 4) is 11.1 Å². The number of benzene rings is 2. The molecule has 3 heterocycles. The first-order chi connectivity index (χ1) is 17.0. The molecule has 0 bridgehead atoms. The van der Waals surface area contributed by atoms with Crippen molar-refractivity contribution in [2.45, 2.75) is 25.4 Å². The van der Waals surface area contributed by atoms with E-state index < -0.39 is 0 Å². The van der Waals surface area contributed by atoms with Gasteiger partial charge in [0.05, 0.1) is 18.1 Å². The van der Waals surface area contributed by atoms with Crippen molar-refractivity contribution in [3.05, 3.63) is 96.1 Å². The molecule has 35 heavy (non-hydrogen) atoms. The second-order valence-corrected chi connectivity index (χ2v) is 8.92. The second kappa shape index (κ2) is 9.66. The normalized spacial score (nSPS) is 15.4. The van der Waals surface area contributed by atoms with Gasteiger partial charge in [-0.2, -0.15) is 0 Å². The van der Waals surface area contributed by atoms with E-state index in [0.29, 0.717) is 30.2 Å². The number of rotatable bonds is 6. The lowest BCUT2D eigenvalue weighted by Gasteiger charge is -2.27. The van der Waals surface area contributed by atoms with Crippen LogP contribution in [0.4, 0.5) is 10.3 Å². The Bertz CT molecular complexity index is 1340. The molecule has 1 unspecified atom stereocenters. The fraction of sp³-hybridized carbons (Fsp3) is 0.259. The van der Waals surface area contributed by atoms with E-state index in [4.69, 9.17) is 4.98 Å². The lowest BCUT2D eigenvalue weighted by molar-refractivity contribution is 0.0732. The van der Waals surface area contributed by atoms with Crippen LogP contribution in [0.25, 0.3) is 11.1 Å². The van der Waals surface area contributed by atoms with Crippen molar-refractivity contribution in [2.24, 2.45) is 0 Å². The summed E-state index contributed by atoms with van der Waals surface area (Å²) in [4.78, 5) is 31.1. The highest BCUT2D eigenvalue weighted by molar-refractivity contribution is 5.96. The third-order valence-corrected chi connectivity index (χ3v) is 6.33. The van der Waals surface area contributed by atoms with E-state index in [0.717, 1.165) is 29.7 Å². The highest BCUT2D eigenvalue weighted by Gasteiger charge is 2.34. The lowest BCUT2D eigenvalue weighted by atomic mass is 9.99. The number of halogens is 1. The van der Waals surface area contributed by atoms with Crippen LogP contribution in [0.2, 0.25) is 0 Å². The standard InChI is InChI=1S/C27H27FN6O/c1-32(2)27-30-16-23(19-8-5-9-21(28)15-19)25(31-27)24-11-6-13-34(24)26(35)22-10-4-3-7-20(22)17-33-14-12-29-18-33/h3-5,7-10,12,14-16,18,24H,6,11,13,17H2,1-2H3. The van der Waals surface area contributed by atoms with Gasteiger partial charge in [0.25, 0.3) is 5.91 Å². The Labute approximate surface area is 203 Å². The van der Waals surface area contributed by atoms with Crippen molar-refractivity contribution < 1.29 is 9.18 Å². The van der Waals surface area contributed by atoms with Gasteiger partial charge in [-0.25, -0.2) is 19.3 Å². The molecule has 1 amide bonds. The summed E-state index contributed by atoms with van der Waals surface area (Å²) in [6, 6.07) is 13.9. The monoisotopic (exact) mass is 470 g/mol. The van der Waals surface area contributed by atoms with Crippen LogP contribution >= 0.6 is 0 Å². The third-order valence-electron chi connectivity index (χ3n) is 6.33. The Morgan fingerprint density at radius 2 is 2.03 bits per heavy atom. The van der Waals surface area contributed by atoms with E-state index in [2.05, 4.69) is 9.97 Å². The van der Waals surface area contributed by atoms with Crippen LogP contribution in [0.3, 0.4) is 0 Å². The molecule has 1 aliphatic heterocycles. The Balaban J connectivity index is 1.54. The quantitative estimate of drug-likeness (QED) is 0.413. The predicted molar refractivity (Wildman–Crippen MR) is 133 cm³/mol. The molecule has 8 heteroatoms. The Morgan fingerprint density at radius 3 is 2.80 bits per heavy atom. The number of likely N-dealkylation sites (tertiary alicyclic amines) is 1. The maximum Gasteiger partial charge on any atom is 0.254 e. The number of carbonyl (C=O) groups excluding carboxylic acids is 1. The van der Waals surface area contributed by atoms with Crippen molar-refractivity contribution in [3.63, 3.8) is 0 Å². The van der Waals surface area contributed by atoms with Crippen molar-refractivity contribution in [1.82, 2.24) is 24.4 Å². The molecule has 7 nitrogen and oxygen atoms in total. The molecule has 1 saturated heterocycles. The highest BCUT2D eigenvalue weighted by Crippen LogP contribution is 2.38. The fourth-order valence-corrected chi connectivity index (χ4v) is 4.63. The van der Waals surface area contributed by atoms with Crippen LogP contribution < -0.4 is 4.90 Å². The van der Waals surface area contributed by atoms with Crippen molar-refractivity contribution in [1.29, 1.82) is 0 Å². The van der Waals surface area contributed by atoms with E-state index in [1.807, 2.05) is 65.0 Å². The first-order valence-electron chi connectivity index (χ1n) is 11.7. The average Bonchev–Trinajstić information content (AvgIpc) is 3.56. The SMILES string of the molecule is CN(C)c1ncc(-c2cccc(F)c2)c(C2CCCN2C(=O)c2ccccc2Cn2ccnc2)n1. The van der Waals surface area contributed by atoms with E-state index in [9.17, 15) is 9.18 Å². The number of anilines is 1. The number of aromatic nitrogens is 4. The molecule has 2 aromatic carbocycles. The topological polar surface area (TPSA) is 67.2 Å². The minimum absolute atomic E-state index is 0.0292. The van der Waals surface area contributed by atoms with Gasteiger partial charge in [-0.05, 0) is 42.2 Å². The first-order valence-corrected chi connectivity index (χ1v) is 11.7. The van der Waals surface area contributed by atoms with E-state index in [1.165, 1.54) is 12.1 Å². The van der Waals surface area contributed by atoms with Gasteiger partial charge < -0.3 is 14.4 Å². The van der Waals surface area contributed by atoms with Crippen LogP contribution in [0.15, 0.2) is 73.4 Å². The van der Waals surface area contributed by atoms with E-state index in [1.54, 1.807) is 24.8 Å². The Hall–Kier alpha value is -4.07. The number of hydrogen-bond acceptors (Lipinski definition) is 5. The molecule has 0 radical (unpaired) electrons. The molecule has 1 fully saturated rings. The molecule has 178 valence electrons. The maximum absolute atomic E-state index is 14.1. The molecule has 5 rings (SSSR count). The largest absolute Gasteiger partial charge is 0.347 e. The molecular weight excluding hydrogens is 443 g/mol. The van der Waals surface area contributed by atoms with Crippen LogP contribution in [-0.4, -0.2) is 51.0 Å². The maximum atomic E-state index is 14.1. The van der Waals surface area contributed by atoms with E-state index in [-0.39, 0.29) is 17.8 Å². The molecule has 2 aromatic heterocycles. The number of nitrogens with zero attached hydrogens (tertiary/aromatic N) is 6. The smallest absolute Gasteiger partial charge is 0.254 e. The number of amides is 1. The third kappa shape index (κ3) is 4.64. The number of imidazole rings is 1. The molecule has 0 saturated carbocycles. The van der Waals surface area contributed by atoms with Gasteiger partial charge in [0.15, 0.2) is 0 Å². The Kier molecular flexibility index (Phi) is 6.27. The number of hydrogen-bond donors (Lipinski definition) is 0. The van der Waals surface area contributed by atoms with Gasteiger partial charge in [0.1, 0.15) is 5.82 Å². The molecule has 4 aromatic rings. The minimum atomic E-state index is -0.321. The lowest BCUT2D eigenvalue weighted by Crippen LogP contribution is -2.32. The van der Waals surface area contributed by atoms with Gasteiger partial charge in [-0.1, -0.05) is 30.3 Å². The summed E-state index contributed by atoms with van der Waals surface area (Å²) >= 11 is 0. The summed E-state index contributed by atoms with van der Waals surface area (Å²) in [5.74, 6) is 0.205.